The minimum atomic E-state index is -0.186. The van der Waals surface area contributed by atoms with Gasteiger partial charge in [0.2, 0.25) is 0 Å². The van der Waals surface area contributed by atoms with Crippen LogP contribution in [0.1, 0.15) is 37.0 Å². The molecule has 0 aliphatic heterocycles. The number of rotatable bonds is 4. The lowest BCUT2D eigenvalue weighted by Gasteiger charge is -2.35. The van der Waals surface area contributed by atoms with Gasteiger partial charge in [0.25, 0.3) is 5.56 Å². The van der Waals surface area contributed by atoms with Gasteiger partial charge in [0.1, 0.15) is 0 Å². The Bertz CT molecular complexity index is 1100. The molecule has 0 fully saturated rings. The highest BCUT2D eigenvalue weighted by Gasteiger charge is 2.37. The van der Waals surface area contributed by atoms with Crippen LogP contribution in [0.2, 0.25) is 0 Å². The molecule has 1 heterocycles. The van der Waals surface area contributed by atoms with E-state index in [9.17, 15) is 4.79 Å². The van der Waals surface area contributed by atoms with E-state index in [1.165, 1.54) is 11.1 Å². The van der Waals surface area contributed by atoms with Crippen molar-refractivity contribution in [1.82, 2.24) is 9.55 Å². The second kappa shape index (κ2) is 6.93. The monoisotopic (exact) mass is 376 g/mol. The molecule has 0 saturated heterocycles. The van der Waals surface area contributed by atoms with Crippen molar-refractivity contribution >= 4 is 12.2 Å². The fourth-order valence-electron chi connectivity index (χ4n) is 4.15. The first-order valence-corrected chi connectivity index (χ1v) is 9.94. The summed E-state index contributed by atoms with van der Waals surface area (Å²) in [5.74, 6) is 0. The van der Waals surface area contributed by atoms with Gasteiger partial charge in [0.05, 0.1) is 5.69 Å². The number of aryl methyl sites for hydroxylation is 1. The first kappa shape index (κ1) is 17.9. The average molecular weight is 377 g/mol. The maximum absolute atomic E-state index is 13.5. The molecule has 0 spiro atoms. The van der Waals surface area contributed by atoms with Crippen molar-refractivity contribution < 1.29 is 0 Å². The van der Waals surface area contributed by atoms with Gasteiger partial charge in [0, 0.05) is 23.1 Å². The molecule has 0 unspecified atom stereocenters. The number of aromatic nitrogens is 2. The van der Waals surface area contributed by atoms with Crippen LogP contribution in [0.15, 0.2) is 59.4 Å². The number of nitrogens with one attached hydrogen (secondary N) is 1. The Hall–Kier alpha value is -2.46. The standard InChI is InChI=1S/C23H24N2OS/c1-3-23(2)15-17-11-7-8-12-18(17)20-19(23)21(26)25(22(27)24-20)14-13-16-9-5-4-6-10-16/h4-12H,3,13-15H2,1-2H3,(H,24,27)/t23-/m0/s1. The lowest BCUT2D eigenvalue weighted by Crippen LogP contribution is -2.39. The van der Waals surface area contributed by atoms with Gasteiger partial charge in [-0.1, -0.05) is 68.4 Å². The van der Waals surface area contributed by atoms with E-state index < -0.39 is 0 Å². The smallest absolute Gasteiger partial charge is 0.258 e. The molecule has 1 aromatic heterocycles. The summed E-state index contributed by atoms with van der Waals surface area (Å²) >= 11 is 5.59. The Morgan fingerprint density at radius 3 is 2.56 bits per heavy atom. The molecule has 27 heavy (non-hydrogen) atoms. The number of fused-ring (bicyclic) bond motifs is 3. The molecule has 1 N–H and O–H groups in total. The molecule has 0 amide bonds. The predicted octanol–water partition coefficient (Wildman–Crippen LogP) is 5.04. The van der Waals surface area contributed by atoms with E-state index in [1.54, 1.807) is 4.57 Å². The third-order valence-electron chi connectivity index (χ3n) is 5.90. The number of nitrogens with zero attached hydrogens (tertiary/aromatic N) is 1. The van der Waals surface area contributed by atoms with Crippen molar-refractivity contribution in [3.8, 4) is 11.3 Å². The Morgan fingerprint density at radius 2 is 1.81 bits per heavy atom. The Morgan fingerprint density at radius 1 is 1.11 bits per heavy atom. The summed E-state index contributed by atoms with van der Waals surface area (Å²) in [5, 5.41) is 0. The fraction of sp³-hybridized carbons (Fsp3) is 0.304. The van der Waals surface area contributed by atoms with E-state index in [0.717, 1.165) is 36.1 Å². The van der Waals surface area contributed by atoms with Crippen molar-refractivity contribution in [1.29, 1.82) is 0 Å². The van der Waals surface area contributed by atoms with Crippen LogP contribution >= 0.6 is 12.2 Å². The second-order valence-electron chi connectivity index (χ2n) is 7.62. The van der Waals surface area contributed by atoms with Crippen LogP contribution in [0, 0.1) is 4.77 Å². The van der Waals surface area contributed by atoms with E-state index in [1.807, 2.05) is 24.3 Å². The Balaban J connectivity index is 1.85. The second-order valence-corrected chi connectivity index (χ2v) is 8.01. The molecular weight excluding hydrogens is 352 g/mol. The van der Waals surface area contributed by atoms with Gasteiger partial charge in [0.15, 0.2) is 4.77 Å². The van der Waals surface area contributed by atoms with Crippen molar-refractivity contribution in [3.63, 3.8) is 0 Å². The Labute approximate surface area is 164 Å². The van der Waals surface area contributed by atoms with E-state index >= 15 is 0 Å². The first-order valence-electron chi connectivity index (χ1n) is 9.53. The predicted molar refractivity (Wildman–Crippen MR) is 113 cm³/mol. The molecule has 3 aromatic rings. The van der Waals surface area contributed by atoms with Crippen LogP contribution in [0.25, 0.3) is 11.3 Å². The van der Waals surface area contributed by atoms with Gasteiger partial charge >= 0.3 is 0 Å². The van der Waals surface area contributed by atoms with Crippen LogP contribution < -0.4 is 5.56 Å². The first-order chi connectivity index (χ1) is 13.0. The number of hydrogen-bond acceptors (Lipinski definition) is 2. The number of hydrogen-bond donors (Lipinski definition) is 1. The van der Waals surface area contributed by atoms with E-state index in [2.05, 4.69) is 49.2 Å². The number of H-pyrrole nitrogens is 1. The van der Waals surface area contributed by atoms with Gasteiger partial charge < -0.3 is 4.98 Å². The highest BCUT2D eigenvalue weighted by atomic mass is 32.1. The molecule has 1 aliphatic carbocycles. The number of benzene rings is 2. The summed E-state index contributed by atoms with van der Waals surface area (Å²) in [6, 6.07) is 18.6. The van der Waals surface area contributed by atoms with Gasteiger partial charge in [-0.05, 0) is 42.6 Å². The van der Waals surface area contributed by atoms with Gasteiger partial charge in [-0.2, -0.15) is 0 Å². The van der Waals surface area contributed by atoms with E-state index in [-0.39, 0.29) is 11.0 Å². The summed E-state index contributed by atoms with van der Waals surface area (Å²) in [7, 11) is 0. The summed E-state index contributed by atoms with van der Waals surface area (Å²) in [5.41, 5.74) is 5.26. The molecule has 138 valence electrons. The number of aromatic amines is 1. The van der Waals surface area contributed by atoms with Crippen molar-refractivity contribution in [2.24, 2.45) is 0 Å². The maximum Gasteiger partial charge on any atom is 0.258 e. The summed E-state index contributed by atoms with van der Waals surface area (Å²) in [6.45, 7) is 4.95. The maximum atomic E-state index is 13.5. The lowest BCUT2D eigenvalue weighted by molar-refractivity contribution is 0.433. The minimum absolute atomic E-state index is 0.0588. The highest BCUT2D eigenvalue weighted by molar-refractivity contribution is 7.71. The third kappa shape index (κ3) is 3.08. The lowest BCUT2D eigenvalue weighted by atomic mass is 9.69. The molecule has 2 aromatic carbocycles. The molecule has 0 saturated carbocycles. The van der Waals surface area contributed by atoms with Gasteiger partial charge in [-0.25, -0.2) is 0 Å². The molecule has 0 radical (unpaired) electrons. The minimum Gasteiger partial charge on any atom is -0.331 e. The largest absolute Gasteiger partial charge is 0.331 e. The van der Waals surface area contributed by atoms with Crippen molar-refractivity contribution in [2.45, 2.75) is 45.1 Å². The van der Waals surface area contributed by atoms with Crippen molar-refractivity contribution in [2.75, 3.05) is 0 Å². The summed E-state index contributed by atoms with van der Waals surface area (Å²) in [4.78, 5) is 16.9. The molecule has 4 rings (SSSR count). The van der Waals surface area contributed by atoms with Crippen LogP contribution in [-0.4, -0.2) is 9.55 Å². The zero-order valence-electron chi connectivity index (χ0n) is 15.8. The van der Waals surface area contributed by atoms with Crippen LogP contribution in [0.3, 0.4) is 0 Å². The molecular formula is C23H24N2OS. The van der Waals surface area contributed by atoms with Gasteiger partial charge in [-0.3, -0.25) is 9.36 Å². The quantitative estimate of drug-likeness (QED) is 0.648. The topological polar surface area (TPSA) is 37.8 Å². The van der Waals surface area contributed by atoms with E-state index in [4.69, 9.17) is 12.2 Å². The SMILES string of the molecule is CC[C@@]1(C)Cc2ccccc2-c2[nH]c(=S)n(CCc3ccccc3)c(=O)c21. The average Bonchev–Trinajstić information content (AvgIpc) is 2.68. The normalized spacial score (nSPS) is 18.0. The fourth-order valence-corrected chi connectivity index (χ4v) is 4.43. The zero-order valence-corrected chi connectivity index (χ0v) is 16.6. The summed E-state index contributed by atoms with van der Waals surface area (Å²) in [6.07, 6.45) is 2.58. The molecule has 1 aliphatic rings. The van der Waals surface area contributed by atoms with Crippen LogP contribution in [0.4, 0.5) is 0 Å². The molecule has 3 nitrogen and oxygen atoms in total. The molecule has 4 heteroatoms. The third-order valence-corrected chi connectivity index (χ3v) is 6.23. The zero-order chi connectivity index (χ0) is 19.0. The van der Waals surface area contributed by atoms with Crippen molar-refractivity contribution in [3.05, 3.63) is 86.4 Å². The Kier molecular flexibility index (Phi) is 4.60. The highest BCUT2D eigenvalue weighted by Crippen LogP contribution is 2.42. The molecule has 1 atom stereocenters. The molecule has 0 bridgehead atoms. The summed E-state index contributed by atoms with van der Waals surface area (Å²) < 4.78 is 2.24. The van der Waals surface area contributed by atoms with Crippen LogP contribution in [0.5, 0.6) is 0 Å². The van der Waals surface area contributed by atoms with E-state index in [0.29, 0.717) is 11.3 Å². The van der Waals surface area contributed by atoms with Crippen LogP contribution in [-0.2, 0) is 24.8 Å². The van der Waals surface area contributed by atoms with Gasteiger partial charge in [-0.15, -0.1) is 0 Å².